The average Bonchev–Trinajstić information content (AvgIpc) is 2.97. The molecule has 2 saturated heterocycles. The SMILES string of the molecule is COc1ccc(/C=N\Nc2nc(N3CCOCC3)nc(N3CCOCC3)n2)cc1OCc1ccccc1Cl. The molecule has 0 radical (unpaired) electrons. The van der Waals surface area contributed by atoms with E-state index in [2.05, 4.69) is 30.3 Å². The summed E-state index contributed by atoms with van der Waals surface area (Å²) in [6.45, 7) is 5.74. The molecule has 12 heteroatoms. The third-order valence-electron chi connectivity index (χ3n) is 6.11. The molecule has 0 unspecified atom stereocenters. The third kappa shape index (κ3) is 6.60. The van der Waals surface area contributed by atoms with Crippen molar-refractivity contribution in [3.63, 3.8) is 0 Å². The summed E-state index contributed by atoms with van der Waals surface area (Å²) in [6.07, 6.45) is 1.67. The van der Waals surface area contributed by atoms with Crippen LogP contribution in [0, 0.1) is 0 Å². The van der Waals surface area contributed by atoms with Gasteiger partial charge in [-0.25, -0.2) is 5.43 Å². The fraction of sp³-hybridized carbons (Fsp3) is 0.385. The Labute approximate surface area is 226 Å². The van der Waals surface area contributed by atoms with Gasteiger partial charge in [0.2, 0.25) is 17.8 Å². The van der Waals surface area contributed by atoms with Crippen LogP contribution in [0.5, 0.6) is 11.5 Å². The quantitative estimate of drug-likeness (QED) is 0.322. The van der Waals surface area contributed by atoms with E-state index < -0.39 is 0 Å². The van der Waals surface area contributed by atoms with Gasteiger partial charge in [0.1, 0.15) is 6.61 Å². The number of aromatic nitrogens is 3. The largest absolute Gasteiger partial charge is 0.493 e. The molecule has 0 bridgehead atoms. The van der Waals surface area contributed by atoms with Crippen molar-refractivity contribution in [2.45, 2.75) is 6.61 Å². The molecule has 0 saturated carbocycles. The summed E-state index contributed by atoms with van der Waals surface area (Å²) in [7, 11) is 1.60. The summed E-state index contributed by atoms with van der Waals surface area (Å²) in [6, 6.07) is 13.1. The van der Waals surface area contributed by atoms with Gasteiger partial charge in [0.15, 0.2) is 11.5 Å². The predicted octanol–water partition coefficient (Wildman–Crippen LogP) is 3.23. The van der Waals surface area contributed by atoms with Crippen molar-refractivity contribution in [1.82, 2.24) is 15.0 Å². The first kappa shape index (κ1) is 26.0. The molecule has 0 aliphatic carbocycles. The van der Waals surface area contributed by atoms with E-state index in [0.717, 1.165) is 37.3 Å². The molecule has 0 atom stereocenters. The number of hydrogen-bond acceptors (Lipinski definition) is 11. The number of benzene rings is 2. The topological polar surface area (TPSA) is 106 Å². The Hall–Kier alpha value is -3.67. The average molecular weight is 540 g/mol. The molecule has 11 nitrogen and oxygen atoms in total. The Balaban J connectivity index is 1.31. The number of ether oxygens (including phenoxy) is 4. The third-order valence-corrected chi connectivity index (χ3v) is 6.48. The van der Waals surface area contributed by atoms with Gasteiger partial charge in [0.05, 0.1) is 39.8 Å². The maximum Gasteiger partial charge on any atom is 0.250 e. The molecule has 5 rings (SSSR count). The molecule has 0 amide bonds. The standard InChI is InChI=1S/C26H30ClN7O4/c1-35-22-7-6-19(16-23(22)38-18-20-4-2-3-5-21(20)27)17-28-32-24-29-25(33-8-12-36-13-9-33)31-26(30-24)34-10-14-37-15-11-34/h2-7,16-17H,8-15,18H2,1H3,(H,29,30,31,32)/b28-17-. The first-order valence-corrected chi connectivity index (χ1v) is 12.8. The Bertz CT molecular complexity index is 1210. The summed E-state index contributed by atoms with van der Waals surface area (Å²) >= 11 is 6.27. The van der Waals surface area contributed by atoms with Crippen LogP contribution in [-0.4, -0.2) is 80.9 Å². The highest BCUT2D eigenvalue weighted by atomic mass is 35.5. The van der Waals surface area contributed by atoms with Crippen LogP contribution in [0.3, 0.4) is 0 Å². The van der Waals surface area contributed by atoms with Gasteiger partial charge in [-0.1, -0.05) is 29.8 Å². The lowest BCUT2D eigenvalue weighted by Crippen LogP contribution is -2.40. The van der Waals surface area contributed by atoms with E-state index >= 15 is 0 Å². The maximum atomic E-state index is 6.27. The lowest BCUT2D eigenvalue weighted by Gasteiger charge is -2.30. The fourth-order valence-corrected chi connectivity index (χ4v) is 4.23. The van der Waals surface area contributed by atoms with E-state index in [9.17, 15) is 0 Å². The van der Waals surface area contributed by atoms with Crippen molar-refractivity contribution in [1.29, 1.82) is 0 Å². The normalized spacial score (nSPS) is 16.1. The number of methoxy groups -OCH3 is 1. The molecule has 2 fully saturated rings. The summed E-state index contributed by atoms with van der Waals surface area (Å²) in [4.78, 5) is 18.1. The summed E-state index contributed by atoms with van der Waals surface area (Å²) in [5.74, 6) is 2.76. The number of anilines is 3. The van der Waals surface area contributed by atoms with Gasteiger partial charge in [0, 0.05) is 36.8 Å². The summed E-state index contributed by atoms with van der Waals surface area (Å²) in [5, 5.41) is 5.03. The molecular formula is C26H30ClN7O4. The van der Waals surface area contributed by atoms with Crippen LogP contribution in [0.4, 0.5) is 17.8 Å². The van der Waals surface area contributed by atoms with Gasteiger partial charge in [-0.05, 0) is 29.8 Å². The monoisotopic (exact) mass is 539 g/mol. The predicted molar refractivity (Wildman–Crippen MR) is 146 cm³/mol. The van der Waals surface area contributed by atoms with Crippen molar-refractivity contribution in [2.24, 2.45) is 5.10 Å². The number of hydrogen-bond donors (Lipinski definition) is 1. The fourth-order valence-electron chi connectivity index (χ4n) is 4.04. The van der Waals surface area contributed by atoms with Crippen LogP contribution >= 0.6 is 11.6 Å². The van der Waals surface area contributed by atoms with E-state index in [4.69, 9.17) is 35.5 Å². The van der Waals surface area contributed by atoms with Crippen molar-refractivity contribution in [3.8, 4) is 11.5 Å². The van der Waals surface area contributed by atoms with E-state index in [-0.39, 0.29) is 0 Å². The van der Waals surface area contributed by atoms with Gasteiger partial charge >= 0.3 is 0 Å². The van der Waals surface area contributed by atoms with Gasteiger partial charge < -0.3 is 28.7 Å². The molecule has 200 valence electrons. The molecule has 1 N–H and O–H groups in total. The van der Waals surface area contributed by atoms with Crippen molar-refractivity contribution >= 4 is 35.7 Å². The lowest BCUT2D eigenvalue weighted by molar-refractivity contribution is 0.121. The minimum absolute atomic E-state index is 0.314. The molecule has 38 heavy (non-hydrogen) atoms. The highest BCUT2D eigenvalue weighted by Gasteiger charge is 2.20. The lowest BCUT2D eigenvalue weighted by atomic mass is 10.2. The molecule has 2 aliphatic rings. The molecule has 3 heterocycles. The molecule has 2 aromatic carbocycles. The number of halogens is 1. The Kier molecular flexibility index (Phi) is 8.69. The first-order valence-electron chi connectivity index (χ1n) is 12.4. The second-order valence-corrected chi connectivity index (χ2v) is 9.03. The Morgan fingerprint density at radius 1 is 0.921 bits per heavy atom. The number of hydrazone groups is 1. The van der Waals surface area contributed by atoms with E-state index in [1.807, 2.05) is 42.5 Å². The van der Waals surface area contributed by atoms with Gasteiger partial charge in [-0.15, -0.1) is 0 Å². The zero-order valence-corrected chi connectivity index (χ0v) is 21.9. The Morgan fingerprint density at radius 2 is 1.58 bits per heavy atom. The minimum Gasteiger partial charge on any atom is -0.493 e. The van der Waals surface area contributed by atoms with E-state index in [1.165, 1.54) is 0 Å². The summed E-state index contributed by atoms with van der Waals surface area (Å²) < 4.78 is 22.4. The number of nitrogens with zero attached hydrogens (tertiary/aromatic N) is 6. The van der Waals surface area contributed by atoms with Crippen molar-refractivity contribution in [3.05, 3.63) is 58.6 Å². The first-order chi connectivity index (χ1) is 18.7. The number of morpholine rings is 2. The number of rotatable bonds is 9. The van der Waals surface area contributed by atoms with Crippen molar-refractivity contribution < 1.29 is 18.9 Å². The maximum absolute atomic E-state index is 6.27. The zero-order chi connectivity index (χ0) is 26.2. The van der Waals surface area contributed by atoms with E-state index in [0.29, 0.717) is 67.4 Å². The van der Waals surface area contributed by atoms with Crippen LogP contribution in [0.25, 0.3) is 0 Å². The van der Waals surface area contributed by atoms with Gasteiger partial charge in [-0.3, -0.25) is 0 Å². The highest BCUT2D eigenvalue weighted by molar-refractivity contribution is 6.31. The van der Waals surface area contributed by atoms with E-state index in [1.54, 1.807) is 13.3 Å². The van der Waals surface area contributed by atoms with Gasteiger partial charge in [-0.2, -0.15) is 20.1 Å². The van der Waals surface area contributed by atoms with Crippen LogP contribution < -0.4 is 24.7 Å². The second-order valence-electron chi connectivity index (χ2n) is 8.62. The smallest absolute Gasteiger partial charge is 0.250 e. The van der Waals surface area contributed by atoms with Crippen LogP contribution in [0.2, 0.25) is 5.02 Å². The highest BCUT2D eigenvalue weighted by Crippen LogP contribution is 2.29. The molecule has 0 spiro atoms. The van der Waals surface area contributed by atoms with Crippen LogP contribution in [0.1, 0.15) is 11.1 Å². The minimum atomic E-state index is 0.314. The second kappa shape index (κ2) is 12.7. The summed E-state index contributed by atoms with van der Waals surface area (Å²) in [5.41, 5.74) is 4.66. The van der Waals surface area contributed by atoms with Crippen molar-refractivity contribution in [2.75, 3.05) is 74.9 Å². The number of nitrogens with one attached hydrogen (secondary N) is 1. The molecule has 3 aromatic rings. The molecular weight excluding hydrogens is 510 g/mol. The van der Waals surface area contributed by atoms with Crippen LogP contribution in [0.15, 0.2) is 47.6 Å². The Morgan fingerprint density at radius 3 is 2.21 bits per heavy atom. The van der Waals surface area contributed by atoms with Gasteiger partial charge in [0.25, 0.3) is 0 Å². The molecule has 1 aromatic heterocycles. The molecule has 2 aliphatic heterocycles. The van der Waals surface area contributed by atoms with Crippen LogP contribution in [-0.2, 0) is 16.1 Å². The zero-order valence-electron chi connectivity index (χ0n) is 21.2.